The monoisotopic (exact) mass is 371 g/mol. The summed E-state index contributed by atoms with van der Waals surface area (Å²) in [5.41, 5.74) is 1.12. The highest BCUT2D eigenvalue weighted by atomic mass is 16.5. The number of nitrogens with zero attached hydrogens (tertiary/aromatic N) is 1. The molecule has 3 rings (SSSR count). The van der Waals surface area contributed by atoms with E-state index in [9.17, 15) is 4.79 Å². The standard InChI is InChI=1S/C24H37NO2/c1-3-18-5-10-20(11-6-18)21-12-7-19(8-13-21)9-14-22-15-16-23(17-25-22)27-24(26)4-2/h15-21H,3-14H2,1-2H3. The summed E-state index contributed by atoms with van der Waals surface area (Å²) in [5, 5.41) is 0. The van der Waals surface area contributed by atoms with Gasteiger partial charge in [-0.2, -0.15) is 0 Å². The Hall–Kier alpha value is -1.38. The first kappa shape index (κ1) is 20.4. The lowest BCUT2D eigenvalue weighted by atomic mass is 9.68. The van der Waals surface area contributed by atoms with Crippen molar-refractivity contribution >= 4 is 5.97 Å². The topological polar surface area (TPSA) is 39.2 Å². The van der Waals surface area contributed by atoms with Gasteiger partial charge < -0.3 is 4.74 Å². The molecule has 0 radical (unpaired) electrons. The normalized spacial score (nSPS) is 28.7. The van der Waals surface area contributed by atoms with Gasteiger partial charge in [0.05, 0.1) is 6.20 Å². The maximum Gasteiger partial charge on any atom is 0.310 e. The molecule has 1 aromatic heterocycles. The van der Waals surface area contributed by atoms with Crippen LogP contribution in [0.15, 0.2) is 18.3 Å². The molecule has 0 amide bonds. The molecule has 0 spiro atoms. The molecule has 2 aliphatic rings. The molecule has 2 saturated carbocycles. The second-order valence-electron chi connectivity index (χ2n) is 8.82. The number of rotatable bonds is 7. The lowest BCUT2D eigenvalue weighted by Crippen LogP contribution is -2.25. The van der Waals surface area contributed by atoms with Crippen LogP contribution in [0.1, 0.15) is 90.2 Å². The Morgan fingerprint density at radius 2 is 1.59 bits per heavy atom. The zero-order chi connectivity index (χ0) is 19.1. The molecular formula is C24H37NO2. The van der Waals surface area contributed by atoms with Crippen LogP contribution < -0.4 is 4.74 Å². The molecule has 1 heterocycles. The van der Waals surface area contributed by atoms with Crippen molar-refractivity contribution < 1.29 is 9.53 Å². The van der Waals surface area contributed by atoms with Crippen LogP contribution in [0.3, 0.4) is 0 Å². The Morgan fingerprint density at radius 3 is 2.11 bits per heavy atom. The Kier molecular flexibility index (Phi) is 7.72. The number of hydrogen-bond donors (Lipinski definition) is 0. The molecule has 2 fully saturated rings. The zero-order valence-corrected chi connectivity index (χ0v) is 17.3. The first-order chi connectivity index (χ1) is 13.2. The van der Waals surface area contributed by atoms with E-state index in [1.54, 1.807) is 13.1 Å². The van der Waals surface area contributed by atoms with E-state index in [-0.39, 0.29) is 5.97 Å². The number of carbonyl (C=O) groups is 1. The summed E-state index contributed by atoms with van der Waals surface area (Å²) >= 11 is 0. The molecule has 2 aliphatic carbocycles. The van der Waals surface area contributed by atoms with Crippen LogP contribution in [-0.2, 0) is 11.2 Å². The van der Waals surface area contributed by atoms with Gasteiger partial charge in [0.15, 0.2) is 0 Å². The third-order valence-electron chi connectivity index (χ3n) is 7.15. The summed E-state index contributed by atoms with van der Waals surface area (Å²) in [6.07, 6.45) is 17.4. The van der Waals surface area contributed by atoms with Crippen LogP contribution in [0.4, 0.5) is 0 Å². The van der Waals surface area contributed by atoms with Crippen molar-refractivity contribution in [2.24, 2.45) is 23.7 Å². The van der Waals surface area contributed by atoms with Crippen LogP contribution in [0.25, 0.3) is 0 Å². The van der Waals surface area contributed by atoms with Crippen LogP contribution in [-0.4, -0.2) is 11.0 Å². The van der Waals surface area contributed by atoms with Crippen LogP contribution in [0.2, 0.25) is 0 Å². The van der Waals surface area contributed by atoms with E-state index in [2.05, 4.69) is 11.9 Å². The van der Waals surface area contributed by atoms with Gasteiger partial charge in [-0.15, -0.1) is 0 Å². The maximum atomic E-state index is 11.3. The summed E-state index contributed by atoms with van der Waals surface area (Å²) in [6.45, 7) is 4.16. The molecule has 3 heteroatoms. The number of ether oxygens (including phenoxy) is 1. The van der Waals surface area contributed by atoms with E-state index in [4.69, 9.17) is 4.74 Å². The van der Waals surface area contributed by atoms with Gasteiger partial charge in [-0.25, -0.2) is 0 Å². The van der Waals surface area contributed by atoms with Gasteiger partial charge in [0.1, 0.15) is 5.75 Å². The van der Waals surface area contributed by atoms with Gasteiger partial charge in [0.2, 0.25) is 0 Å². The Balaban J connectivity index is 1.36. The fraction of sp³-hybridized carbons (Fsp3) is 0.750. The average molecular weight is 372 g/mol. The molecule has 0 aliphatic heterocycles. The van der Waals surface area contributed by atoms with Crippen molar-refractivity contribution in [3.8, 4) is 5.75 Å². The molecule has 150 valence electrons. The maximum absolute atomic E-state index is 11.3. The second-order valence-corrected chi connectivity index (χ2v) is 8.82. The van der Waals surface area contributed by atoms with Crippen LogP contribution in [0, 0.1) is 23.7 Å². The van der Waals surface area contributed by atoms with Gasteiger partial charge >= 0.3 is 5.97 Å². The summed E-state index contributed by atoms with van der Waals surface area (Å²) in [7, 11) is 0. The fourth-order valence-electron chi connectivity index (χ4n) is 5.19. The molecule has 0 N–H and O–H groups in total. The predicted molar refractivity (Wildman–Crippen MR) is 110 cm³/mol. The molecule has 0 atom stereocenters. The minimum Gasteiger partial charge on any atom is -0.425 e. The van der Waals surface area contributed by atoms with Crippen molar-refractivity contribution in [3.05, 3.63) is 24.0 Å². The van der Waals surface area contributed by atoms with E-state index in [0.717, 1.165) is 35.8 Å². The minimum absolute atomic E-state index is 0.204. The van der Waals surface area contributed by atoms with Crippen LogP contribution >= 0.6 is 0 Å². The van der Waals surface area contributed by atoms with Crippen molar-refractivity contribution in [2.45, 2.75) is 90.9 Å². The Bertz CT molecular complexity index is 567. The number of aromatic nitrogens is 1. The van der Waals surface area contributed by atoms with E-state index in [0.29, 0.717) is 12.2 Å². The Labute approximate surface area is 165 Å². The molecule has 0 bridgehead atoms. The van der Waals surface area contributed by atoms with E-state index >= 15 is 0 Å². The van der Waals surface area contributed by atoms with Crippen molar-refractivity contribution in [2.75, 3.05) is 0 Å². The molecule has 0 saturated heterocycles. The number of hydrogen-bond acceptors (Lipinski definition) is 3. The van der Waals surface area contributed by atoms with Gasteiger partial charge in [-0.05, 0) is 74.3 Å². The molecule has 0 unspecified atom stereocenters. The quantitative estimate of drug-likeness (QED) is 0.524. The van der Waals surface area contributed by atoms with Crippen molar-refractivity contribution in [3.63, 3.8) is 0 Å². The smallest absolute Gasteiger partial charge is 0.310 e. The summed E-state index contributed by atoms with van der Waals surface area (Å²) in [6, 6.07) is 3.88. The summed E-state index contributed by atoms with van der Waals surface area (Å²) in [4.78, 5) is 15.8. The molecule has 1 aromatic rings. The predicted octanol–water partition coefficient (Wildman–Crippen LogP) is 6.35. The van der Waals surface area contributed by atoms with E-state index in [1.807, 2.05) is 12.1 Å². The molecule has 27 heavy (non-hydrogen) atoms. The SMILES string of the molecule is CCC(=O)Oc1ccc(CCC2CCC(C3CCC(CC)CC3)CC2)nc1. The largest absolute Gasteiger partial charge is 0.425 e. The third kappa shape index (κ3) is 6.05. The highest BCUT2D eigenvalue weighted by molar-refractivity contribution is 5.71. The minimum atomic E-state index is -0.204. The van der Waals surface area contributed by atoms with Gasteiger partial charge in [0.25, 0.3) is 0 Å². The lowest BCUT2D eigenvalue weighted by Gasteiger charge is -2.37. The zero-order valence-electron chi connectivity index (χ0n) is 17.3. The first-order valence-corrected chi connectivity index (χ1v) is 11.3. The van der Waals surface area contributed by atoms with E-state index in [1.165, 1.54) is 64.2 Å². The number of esters is 1. The van der Waals surface area contributed by atoms with Gasteiger partial charge in [-0.3, -0.25) is 9.78 Å². The number of aryl methyl sites for hydroxylation is 1. The second kappa shape index (κ2) is 10.2. The average Bonchev–Trinajstić information content (AvgIpc) is 2.73. The van der Waals surface area contributed by atoms with Crippen molar-refractivity contribution in [1.82, 2.24) is 4.98 Å². The molecule has 0 aromatic carbocycles. The highest BCUT2D eigenvalue weighted by Crippen LogP contribution is 2.42. The van der Waals surface area contributed by atoms with Crippen LogP contribution in [0.5, 0.6) is 5.75 Å². The molecular weight excluding hydrogens is 334 g/mol. The fourth-order valence-corrected chi connectivity index (χ4v) is 5.19. The number of pyridine rings is 1. The number of carbonyl (C=O) groups excluding carboxylic acids is 1. The molecule has 3 nitrogen and oxygen atoms in total. The van der Waals surface area contributed by atoms with Crippen molar-refractivity contribution in [1.29, 1.82) is 0 Å². The first-order valence-electron chi connectivity index (χ1n) is 11.3. The van der Waals surface area contributed by atoms with E-state index < -0.39 is 0 Å². The van der Waals surface area contributed by atoms with Gasteiger partial charge in [-0.1, -0.05) is 46.0 Å². The summed E-state index contributed by atoms with van der Waals surface area (Å²) in [5.74, 6) is 4.27. The Morgan fingerprint density at radius 1 is 0.963 bits per heavy atom. The summed E-state index contributed by atoms with van der Waals surface area (Å²) < 4.78 is 5.19. The lowest BCUT2D eigenvalue weighted by molar-refractivity contribution is -0.134. The third-order valence-corrected chi connectivity index (χ3v) is 7.15. The van der Waals surface area contributed by atoms with Gasteiger partial charge in [0, 0.05) is 12.1 Å². The highest BCUT2D eigenvalue weighted by Gasteiger charge is 2.30.